The van der Waals surface area contributed by atoms with Crippen molar-refractivity contribution in [1.82, 2.24) is 14.0 Å². The molecule has 0 atom stereocenters. The molecule has 3 rings (SSSR count). The number of likely N-dealkylation sites (tertiary alicyclic amines) is 1. The molecule has 2 amide bonds. The van der Waals surface area contributed by atoms with E-state index in [2.05, 4.69) is 5.32 Å². The van der Waals surface area contributed by atoms with Crippen LogP contribution in [0, 0.1) is 0 Å². The van der Waals surface area contributed by atoms with Crippen LogP contribution in [-0.4, -0.2) is 44.7 Å². The predicted molar refractivity (Wildman–Crippen MR) is 115 cm³/mol. The van der Waals surface area contributed by atoms with Crippen LogP contribution in [0.1, 0.15) is 57.1 Å². The lowest BCUT2D eigenvalue weighted by atomic mass is 10.0. The first-order chi connectivity index (χ1) is 14.2. The van der Waals surface area contributed by atoms with E-state index in [0.29, 0.717) is 31.0 Å². The van der Waals surface area contributed by atoms with Gasteiger partial charge in [-0.3, -0.25) is 9.59 Å². The van der Waals surface area contributed by atoms with Crippen LogP contribution in [0.25, 0.3) is 0 Å². The van der Waals surface area contributed by atoms with Gasteiger partial charge in [0.2, 0.25) is 0 Å². The summed E-state index contributed by atoms with van der Waals surface area (Å²) in [6.45, 7) is 9.15. The third kappa shape index (κ3) is 5.11. The van der Waals surface area contributed by atoms with Crippen molar-refractivity contribution in [2.24, 2.45) is 0 Å². The number of carbonyl (C=O) groups excluding carboxylic acids is 2. The maximum atomic E-state index is 12.8. The molecule has 1 aliphatic rings. The number of nitrogens with zero attached hydrogens (tertiary/aromatic N) is 3. The molecule has 1 saturated heterocycles. The van der Waals surface area contributed by atoms with E-state index in [1.807, 2.05) is 44.5 Å². The van der Waals surface area contributed by atoms with E-state index >= 15 is 0 Å². The van der Waals surface area contributed by atoms with Gasteiger partial charge in [0.15, 0.2) is 0 Å². The number of hydrogen-bond donors (Lipinski definition) is 1. The molecule has 0 radical (unpaired) electrons. The Hall–Kier alpha value is -3.03. The second kappa shape index (κ2) is 8.77. The summed E-state index contributed by atoms with van der Waals surface area (Å²) in [4.78, 5) is 38.6. The Labute approximate surface area is 176 Å². The first-order valence-corrected chi connectivity index (χ1v) is 10.3. The molecule has 1 N–H and O–H groups in total. The van der Waals surface area contributed by atoms with E-state index < -0.39 is 5.60 Å². The molecule has 0 saturated carbocycles. The third-order valence-corrected chi connectivity index (χ3v) is 5.10. The molecule has 3 heterocycles. The van der Waals surface area contributed by atoms with Crippen LogP contribution >= 0.6 is 0 Å². The van der Waals surface area contributed by atoms with Crippen molar-refractivity contribution in [1.29, 1.82) is 0 Å². The Morgan fingerprint density at radius 3 is 2.50 bits per heavy atom. The number of carbonyl (C=O) groups is 2. The second-order valence-electron chi connectivity index (χ2n) is 8.50. The summed E-state index contributed by atoms with van der Waals surface area (Å²) in [6, 6.07) is 6.82. The first kappa shape index (κ1) is 21.7. The van der Waals surface area contributed by atoms with Crippen LogP contribution in [0.15, 0.2) is 41.5 Å². The van der Waals surface area contributed by atoms with Gasteiger partial charge in [-0.2, -0.15) is 0 Å². The van der Waals surface area contributed by atoms with Gasteiger partial charge in [-0.15, -0.1) is 0 Å². The van der Waals surface area contributed by atoms with E-state index in [-0.39, 0.29) is 23.6 Å². The van der Waals surface area contributed by atoms with E-state index in [9.17, 15) is 14.4 Å². The Morgan fingerprint density at radius 1 is 1.17 bits per heavy atom. The summed E-state index contributed by atoms with van der Waals surface area (Å²) in [5.74, 6) is -0.226. The van der Waals surface area contributed by atoms with Crippen LogP contribution in [0.4, 0.5) is 10.5 Å². The zero-order valence-corrected chi connectivity index (χ0v) is 18.1. The van der Waals surface area contributed by atoms with E-state index in [1.165, 1.54) is 6.07 Å². The van der Waals surface area contributed by atoms with Crippen molar-refractivity contribution in [3.8, 4) is 0 Å². The topological polar surface area (TPSA) is 85.6 Å². The van der Waals surface area contributed by atoms with Crippen LogP contribution in [0.5, 0.6) is 0 Å². The molecule has 8 heteroatoms. The zero-order valence-electron chi connectivity index (χ0n) is 18.1. The van der Waals surface area contributed by atoms with Gasteiger partial charge in [0, 0.05) is 44.1 Å². The average molecular weight is 415 g/mol. The normalized spacial score (nSPS) is 15.1. The third-order valence-electron chi connectivity index (χ3n) is 5.10. The summed E-state index contributed by atoms with van der Waals surface area (Å²) < 4.78 is 8.96. The summed E-state index contributed by atoms with van der Waals surface area (Å²) in [6.07, 6.45) is 4.74. The number of aryl methyl sites for hydroxylation is 1. The number of pyridine rings is 1. The highest BCUT2D eigenvalue weighted by Crippen LogP contribution is 2.26. The van der Waals surface area contributed by atoms with Gasteiger partial charge in [0.1, 0.15) is 11.3 Å². The van der Waals surface area contributed by atoms with E-state index in [4.69, 9.17) is 4.74 Å². The van der Waals surface area contributed by atoms with Gasteiger partial charge in [0.05, 0.1) is 5.69 Å². The maximum Gasteiger partial charge on any atom is 0.410 e. The minimum atomic E-state index is -0.514. The number of piperidine rings is 1. The zero-order chi connectivity index (χ0) is 21.9. The molecule has 1 fully saturated rings. The Balaban J connectivity index is 1.65. The van der Waals surface area contributed by atoms with Crippen LogP contribution < -0.4 is 10.9 Å². The molecule has 0 aromatic carbocycles. The van der Waals surface area contributed by atoms with Gasteiger partial charge in [-0.1, -0.05) is 0 Å². The molecular formula is C22H30N4O4. The first-order valence-electron chi connectivity index (χ1n) is 10.3. The van der Waals surface area contributed by atoms with Gasteiger partial charge in [-0.05, 0) is 58.7 Å². The SMILES string of the molecule is CCn1cc(NC(=O)c2cccn2C2CCN(C(=O)OC(C)(C)C)CC2)ccc1=O. The largest absolute Gasteiger partial charge is 0.444 e. The fourth-order valence-corrected chi connectivity index (χ4v) is 3.61. The van der Waals surface area contributed by atoms with Crippen molar-refractivity contribution >= 4 is 17.7 Å². The number of rotatable bonds is 4. The smallest absolute Gasteiger partial charge is 0.410 e. The van der Waals surface area contributed by atoms with E-state index in [0.717, 1.165) is 12.8 Å². The summed E-state index contributed by atoms with van der Waals surface area (Å²) in [5.41, 5.74) is 0.518. The van der Waals surface area contributed by atoms with Crippen molar-refractivity contribution in [3.05, 3.63) is 52.7 Å². The summed E-state index contributed by atoms with van der Waals surface area (Å²) >= 11 is 0. The highest BCUT2D eigenvalue weighted by atomic mass is 16.6. The lowest BCUT2D eigenvalue weighted by Gasteiger charge is -2.34. The van der Waals surface area contributed by atoms with Crippen LogP contribution in [-0.2, 0) is 11.3 Å². The van der Waals surface area contributed by atoms with Crippen molar-refractivity contribution in [3.63, 3.8) is 0 Å². The summed E-state index contributed by atoms with van der Waals surface area (Å²) in [5, 5.41) is 2.87. The molecule has 162 valence electrons. The Kier molecular flexibility index (Phi) is 6.34. The Bertz CT molecular complexity index is 962. The molecule has 2 aromatic rings. The fourth-order valence-electron chi connectivity index (χ4n) is 3.61. The molecule has 0 spiro atoms. The number of ether oxygens (including phenoxy) is 1. The maximum absolute atomic E-state index is 12.8. The monoisotopic (exact) mass is 414 g/mol. The van der Waals surface area contributed by atoms with Gasteiger partial charge >= 0.3 is 6.09 Å². The van der Waals surface area contributed by atoms with Crippen molar-refractivity contribution in [2.75, 3.05) is 18.4 Å². The predicted octanol–water partition coefficient (Wildman–Crippen LogP) is 3.49. The lowest BCUT2D eigenvalue weighted by molar-refractivity contribution is 0.0187. The van der Waals surface area contributed by atoms with Gasteiger partial charge < -0.3 is 24.1 Å². The number of nitrogens with one attached hydrogen (secondary N) is 1. The second-order valence-corrected chi connectivity index (χ2v) is 8.50. The molecule has 1 aliphatic heterocycles. The number of anilines is 1. The highest BCUT2D eigenvalue weighted by Gasteiger charge is 2.28. The highest BCUT2D eigenvalue weighted by molar-refractivity contribution is 6.03. The minimum Gasteiger partial charge on any atom is -0.444 e. The van der Waals surface area contributed by atoms with Crippen molar-refractivity contribution in [2.45, 2.75) is 58.7 Å². The molecule has 0 unspecified atom stereocenters. The molecule has 0 bridgehead atoms. The standard InChI is InChI=1S/C22H30N4O4/c1-5-24-15-16(8-9-19(24)27)23-20(28)18-7-6-12-26(18)17-10-13-25(14-11-17)21(29)30-22(2,3)4/h6-9,12,15,17H,5,10-11,13-14H2,1-4H3,(H,23,28). The molecule has 30 heavy (non-hydrogen) atoms. The van der Waals surface area contributed by atoms with Crippen LogP contribution in [0.2, 0.25) is 0 Å². The number of aromatic nitrogens is 2. The quantitative estimate of drug-likeness (QED) is 0.830. The Morgan fingerprint density at radius 2 is 1.87 bits per heavy atom. The van der Waals surface area contributed by atoms with Crippen molar-refractivity contribution < 1.29 is 14.3 Å². The average Bonchev–Trinajstić information content (AvgIpc) is 3.18. The number of hydrogen-bond acceptors (Lipinski definition) is 4. The fraction of sp³-hybridized carbons (Fsp3) is 0.500. The van der Waals surface area contributed by atoms with Crippen LogP contribution in [0.3, 0.4) is 0 Å². The molecule has 2 aromatic heterocycles. The van der Waals surface area contributed by atoms with Gasteiger partial charge in [-0.25, -0.2) is 4.79 Å². The van der Waals surface area contributed by atoms with Gasteiger partial charge in [0.25, 0.3) is 11.5 Å². The minimum absolute atomic E-state index is 0.101. The van der Waals surface area contributed by atoms with E-state index in [1.54, 1.807) is 27.8 Å². The molecule has 0 aliphatic carbocycles. The lowest BCUT2D eigenvalue weighted by Crippen LogP contribution is -2.42. The summed E-state index contributed by atoms with van der Waals surface area (Å²) in [7, 11) is 0. The molecular weight excluding hydrogens is 384 g/mol. The number of amides is 2. The molecule has 8 nitrogen and oxygen atoms in total.